The Hall–Kier alpha value is -2.20. The third kappa shape index (κ3) is 3.63. The molecular weight excluding hydrogens is 240 g/mol. The Morgan fingerprint density at radius 2 is 1.95 bits per heavy atom. The maximum absolute atomic E-state index is 10.7. The van der Waals surface area contributed by atoms with E-state index in [1.54, 1.807) is 18.3 Å². The van der Waals surface area contributed by atoms with Crippen LogP contribution in [-0.4, -0.2) is 16.1 Å². The molecule has 2 rings (SSSR count). The molecule has 1 aromatic heterocycles. The topological polar surface area (TPSA) is 62.2 Å². The monoisotopic (exact) mass is 256 g/mol. The summed E-state index contributed by atoms with van der Waals surface area (Å²) in [7, 11) is 0. The molecule has 0 fully saturated rings. The normalized spacial score (nSPS) is 10.4. The van der Waals surface area contributed by atoms with Crippen molar-refractivity contribution in [2.24, 2.45) is 0 Å². The molecule has 4 nitrogen and oxygen atoms in total. The van der Waals surface area contributed by atoms with Crippen LogP contribution in [0.1, 0.15) is 27.2 Å². The summed E-state index contributed by atoms with van der Waals surface area (Å²) in [6, 6.07) is 10.8. The van der Waals surface area contributed by atoms with Gasteiger partial charge in [-0.15, -0.1) is 0 Å². The Balaban J connectivity index is 1.89. The van der Waals surface area contributed by atoms with Crippen molar-refractivity contribution in [3.8, 4) is 0 Å². The van der Waals surface area contributed by atoms with Crippen LogP contribution in [0.2, 0.25) is 0 Å². The molecule has 4 heteroatoms. The Kier molecular flexibility index (Phi) is 4.26. The summed E-state index contributed by atoms with van der Waals surface area (Å²) in [5.74, 6) is -0.899. The number of carbonyl (C=O) groups is 1. The molecule has 0 aliphatic rings. The minimum absolute atomic E-state index is 0.310. The molecule has 0 amide bonds. The molecule has 0 aliphatic heterocycles. The first-order valence-electron chi connectivity index (χ1n) is 6.10. The Bertz CT molecular complexity index is 565. The van der Waals surface area contributed by atoms with Gasteiger partial charge in [0.25, 0.3) is 0 Å². The molecule has 98 valence electrons. The lowest BCUT2D eigenvalue weighted by Gasteiger charge is -2.07. The highest BCUT2D eigenvalue weighted by atomic mass is 16.4. The van der Waals surface area contributed by atoms with Gasteiger partial charge in [-0.25, -0.2) is 4.79 Å². The van der Waals surface area contributed by atoms with Crippen LogP contribution in [0.15, 0.2) is 42.6 Å². The van der Waals surface area contributed by atoms with Gasteiger partial charge in [-0.05, 0) is 36.2 Å². The summed E-state index contributed by atoms with van der Waals surface area (Å²) in [5, 5.41) is 12.1. The second-order valence-corrected chi connectivity index (χ2v) is 4.37. The van der Waals surface area contributed by atoms with Crippen LogP contribution < -0.4 is 5.32 Å². The first-order valence-corrected chi connectivity index (χ1v) is 6.10. The van der Waals surface area contributed by atoms with Gasteiger partial charge < -0.3 is 10.4 Å². The quantitative estimate of drug-likeness (QED) is 0.862. The minimum atomic E-state index is -0.899. The second-order valence-electron chi connectivity index (χ2n) is 4.37. The average molecular weight is 256 g/mol. The van der Waals surface area contributed by atoms with Crippen LogP contribution in [0.25, 0.3) is 0 Å². The number of carboxylic acid groups (broad SMARTS) is 1. The Labute approximate surface area is 112 Å². The van der Waals surface area contributed by atoms with E-state index in [0.717, 1.165) is 16.8 Å². The lowest BCUT2D eigenvalue weighted by Crippen LogP contribution is -2.14. The maximum Gasteiger partial charge on any atom is 0.335 e. The average Bonchev–Trinajstić information content (AvgIpc) is 2.41. The lowest BCUT2D eigenvalue weighted by molar-refractivity contribution is 0.0697. The molecule has 0 spiro atoms. The van der Waals surface area contributed by atoms with Crippen molar-refractivity contribution >= 4 is 5.97 Å². The van der Waals surface area contributed by atoms with E-state index in [2.05, 4.69) is 10.3 Å². The molecule has 1 aromatic carbocycles. The molecule has 2 N–H and O–H groups in total. The summed E-state index contributed by atoms with van der Waals surface area (Å²) >= 11 is 0. The molecule has 0 aliphatic carbocycles. The Morgan fingerprint density at radius 3 is 2.58 bits per heavy atom. The van der Waals surface area contributed by atoms with Gasteiger partial charge in [-0.2, -0.15) is 0 Å². The van der Waals surface area contributed by atoms with Gasteiger partial charge in [0.05, 0.1) is 11.3 Å². The summed E-state index contributed by atoms with van der Waals surface area (Å²) in [6.07, 6.45) is 1.78. The van der Waals surface area contributed by atoms with E-state index in [1.807, 2.05) is 31.2 Å². The van der Waals surface area contributed by atoms with Gasteiger partial charge in [0, 0.05) is 19.3 Å². The standard InChI is InChI=1S/C15H16N2O2/c1-11-3-2-8-17-14(11)10-16-9-12-4-6-13(7-5-12)15(18)19/h2-8,16H,9-10H2,1H3,(H,18,19). The molecular formula is C15H16N2O2. The zero-order valence-corrected chi connectivity index (χ0v) is 10.8. The van der Waals surface area contributed by atoms with E-state index in [9.17, 15) is 4.79 Å². The molecule has 0 radical (unpaired) electrons. The van der Waals surface area contributed by atoms with Crippen LogP contribution in [0.4, 0.5) is 0 Å². The molecule has 1 heterocycles. The van der Waals surface area contributed by atoms with Gasteiger partial charge >= 0.3 is 5.97 Å². The van der Waals surface area contributed by atoms with Crippen LogP contribution >= 0.6 is 0 Å². The van der Waals surface area contributed by atoms with E-state index in [-0.39, 0.29) is 0 Å². The number of aromatic nitrogens is 1. The molecule has 19 heavy (non-hydrogen) atoms. The van der Waals surface area contributed by atoms with Gasteiger partial charge in [-0.1, -0.05) is 18.2 Å². The number of rotatable bonds is 5. The van der Waals surface area contributed by atoms with E-state index in [0.29, 0.717) is 18.7 Å². The highest BCUT2D eigenvalue weighted by molar-refractivity contribution is 5.87. The lowest BCUT2D eigenvalue weighted by atomic mass is 10.1. The molecule has 0 atom stereocenters. The molecule has 2 aromatic rings. The predicted octanol–water partition coefficient (Wildman–Crippen LogP) is 2.38. The van der Waals surface area contributed by atoms with Gasteiger partial charge in [0.2, 0.25) is 0 Å². The first kappa shape index (κ1) is 13.2. The highest BCUT2D eigenvalue weighted by Crippen LogP contribution is 2.06. The zero-order valence-electron chi connectivity index (χ0n) is 10.8. The van der Waals surface area contributed by atoms with Crippen molar-refractivity contribution in [3.63, 3.8) is 0 Å². The van der Waals surface area contributed by atoms with E-state index in [4.69, 9.17) is 5.11 Å². The summed E-state index contributed by atoms with van der Waals surface area (Å²) < 4.78 is 0. The number of pyridine rings is 1. The van der Waals surface area contributed by atoms with Gasteiger partial charge in [-0.3, -0.25) is 4.98 Å². The number of aromatic carboxylic acids is 1. The van der Waals surface area contributed by atoms with Gasteiger partial charge in [0.1, 0.15) is 0 Å². The SMILES string of the molecule is Cc1cccnc1CNCc1ccc(C(=O)O)cc1. The second kappa shape index (κ2) is 6.11. The number of benzene rings is 1. The minimum Gasteiger partial charge on any atom is -0.478 e. The van der Waals surface area contributed by atoms with Crippen molar-refractivity contribution in [2.45, 2.75) is 20.0 Å². The fraction of sp³-hybridized carbons (Fsp3) is 0.200. The van der Waals surface area contributed by atoms with Crippen molar-refractivity contribution in [1.82, 2.24) is 10.3 Å². The van der Waals surface area contributed by atoms with Crippen molar-refractivity contribution in [1.29, 1.82) is 0 Å². The summed E-state index contributed by atoms with van der Waals surface area (Å²) in [5.41, 5.74) is 3.56. The number of aryl methyl sites for hydroxylation is 1. The predicted molar refractivity (Wildman–Crippen MR) is 72.9 cm³/mol. The number of nitrogens with zero attached hydrogens (tertiary/aromatic N) is 1. The van der Waals surface area contributed by atoms with Crippen LogP contribution in [0.5, 0.6) is 0 Å². The maximum atomic E-state index is 10.7. The molecule has 0 unspecified atom stereocenters. The highest BCUT2D eigenvalue weighted by Gasteiger charge is 2.02. The summed E-state index contributed by atoms with van der Waals surface area (Å²) in [4.78, 5) is 15.0. The number of nitrogens with one attached hydrogen (secondary N) is 1. The van der Waals surface area contributed by atoms with Crippen LogP contribution in [-0.2, 0) is 13.1 Å². The third-order valence-electron chi connectivity index (χ3n) is 2.94. The number of hydrogen-bond donors (Lipinski definition) is 2. The largest absolute Gasteiger partial charge is 0.478 e. The van der Waals surface area contributed by atoms with Crippen molar-refractivity contribution in [2.75, 3.05) is 0 Å². The first-order chi connectivity index (χ1) is 9.16. The zero-order chi connectivity index (χ0) is 13.7. The fourth-order valence-corrected chi connectivity index (χ4v) is 1.79. The van der Waals surface area contributed by atoms with Crippen molar-refractivity contribution < 1.29 is 9.90 Å². The third-order valence-corrected chi connectivity index (χ3v) is 2.94. The summed E-state index contributed by atoms with van der Waals surface area (Å²) in [6.45, 7) is 3.43. The Morgan fingerprint density at radius 1 is 1.21 bits per heavy atom. The number of hydrogen-bond acceptors (Lipinski definition) is 3. The van der Waals surface area contributed by atoms with Crippen LogP contribution in [0.3, 0.4) is 0 Å². The fourth-order valence-electron chi connectivity index (χ4n) is 1.79. The molecule has 0 bridgehead atoms. The van der Waals surface area contributed by atoms with E-state index >= 15 is 0 Å². The van der Waals surface area contributed by atoms with E-state index < -0.39 is 5.97 Å². The van der Waals surface area contributed by atoms with Crippen LogP contribution in [0, 0.1) is 6.92 Å². The van der Waals surface area contributed by atoms with Gasteiger partial charge in [0.15, 0.2) is 0 Å². The smallest absolute Gasteiger partial charge is 0.335 e. The molecule has 0 saturated carbocycles. The van der Waals surface area contributed by atoms with Crippen molar-refractivity contribution in [3.05, 3.63) is 65.0 Å². The number of carboxylic acids is 1. The molecule has 0 saturated heterocycles. The van der Waals surface area contributed by atoms with E-state index in [1.165, 1.54) is 0 Å².